The van der Waals surface area contributed by atoms with Gasteiger partial charge in [-0.1, -0.05) is 49.3 Å². The van der Waals surface area contributed by atoms with Gasteiger partial charge in [0.2, 0.25) is 0 Å². The first-order valence-corrected chi connectivity index (χ1v) is 8.09. The average molecular weight is 331 g/mol. The van der Waals surface area contributed by atoms with Crippen LogP contribution in [0.25, 0.3) is 0 Å². The minimum atomic E-state index is -0.330. The fourth-order valence-corrected chi connectivity index (χ4v) is 2.38. The highest BCUT2D eigenvalue weighted by molar-refractivity contribution is 5.92. The topological polar surface area (TPSA) is 78.6 Å². The van der Waals surface area contributed by atoms with E-state index in [1.807, 2.05) is 39.1 Å². The van der Waals surface area contributed by atoms with Gasteiger partial charge in [-0.3, -0.25) is 9.69 Å². The van der Waals surface area contributed by atoms with Crippen LogP contribution in [0.15, 0.2) is 40.9 Å². The standard InChI is InChI=1S/C18H25N3O3/c1-13(2)17(12-22)19-18(23)16-9-15(24-20-16)11-21(3)10-14-7-5-4-6-8-14/h4-9,13,17,22H,10-12H2,1-3H3,(H,19,23)/t17-/m1/s1. The Morgan fingerprint density at radius 2 is 2.00 bits per heavy atom. The van der Waals surface area contributed by atoms with Crippen molar-refractivity contribution in [2.75, 3.05) is 13.7 Å². The molecular formula is C18H25N3O3. The van der Waals surface area contributed by atoms with Crippen molar-refractivity contribution < 1.29 is 14.4 Å². The summed E-state index contributed by atoms with van der Waals surface area (Å²) in [6, 6.07) is 11.5. The zero-order chi connectivity index (χ0) is 17.5. The van der Waals surface area contributed by atoms with E-state index in [2.05, 4.69) is 27.5 Å². The molecule has 0 unspecified atom stereocenters. The van der Waals surface area contributed by atoms with Crippen molar-refractivity contribution in [2.45, 2.75) is 33.0 Å². The molecule has 1 heterocycles. The number of rotatable bonds is 8. The molecule has 1 aromatic carbocycles. The number of aliphatic hydroxyl groups is 1. The largest absolute Gasteiger partial charge is 0.394 e. The molecule has 1 aromatic heterocycles. The number of benzene rings is 1. The van der Waals surface area contributed by atoms with Crippen molar-refractivity contribution in [1.29, 1.82) is 0 Å². The summed E-state index contributed by atoms with van der Waals surface area (Å²) in [5.41, 5.74) is 1.44. The molecular weight excluding hydrogens is 306 g/mol. The lowest BCUT2D eigenvalue weighted by Gasteiger charge is -2.18. The van der Waals surface area contributed by atoms with Crippen molar-refractivity contribution in [3.8, 4) is 0 Å². The van der Waals surface area contributed by atoms with Crippen LogP contribution in [0.4, 0.5) is 0 Å². The van der Waals surface area contributed by atoms with Crippen LogP contribution in [0.5, 0.6) is 0 Å². The Hall–Kier alpha value is -2.18. The molecule has 0 saturated heterocycles. The van der Waals surface area contributed by atoms with Crippen molar-refractivity contribution in [2.24, 2.45) is 5.92 Å². The Bertz CT molecular complexity index is 640. The lowest BCUT2D eigenvalue weighted by molar-refractivity contribution is 0.0887. The Morgan fingerprint density at radius 1 is 1.29 bits per heavy atom. The van der Waals surface area contributed by atoms with Crippen LogP contribution in [-0.4, -0.2) is 40.8 Å². The minimum Gasteiger partial charge on any atom is -0.394 e. The van der Waals surface area contributed by atoms with E-state index in [0.29, 0.717) is 12.3 Å². The third-order valence-electron chi connectivity index (χ3n) is 3.83. The number of carbonyl (C=O) groups is 1. The number of nitrogens with zero attached hydrogens (tertiary/aromatic N) is 2. The fourth-order valence-electron chi connectivity index (χ4n) is 2.38. The maximum atomic E-state index is 12.2. The summed E-state index contributed by atoms with van der Waals surface area (Å²) in [4.78, 5) is 14.2. The van der Waals surface area contributed by atoms with Crippen molar-refractivity contribution >= 4 is 5.91 Å². The summed E-state index contributed by atoms with van der Waals surface area (Å²) in [5, 5.41) is 15.9. The zero-order valence-electron chi connectivity index (χ0n) is 14.4. The van der Waals surface area contributed by atoms with Crippen LogP contribution in [0.1, 0.15) is 35.7 Å². The molecule has 0 aliphatic rings. The molecule has 2 aromatic rings. The molecule has 0 aliphatic heterocycles. The van der Waals surface area contributed by atoms with E-state index in [4.69, 9.17) is 4.52 Å². The number of aliphatic hydroxyl groups excluding tert-OH is 1. The summed E-state index contributed by atoms with van der Waals surface area (Å²) >= 11 is 0. The molecule has 6 nitrogen and oxygen atoms in total. The fraction of sp³-hybridized carbons (Fsp3) is 0.444. The van der Waals surface area contributed by atoms with Gasteiger partial charge in [0.1, 0.15) is 0 Å². The Balaban J connectivity index is 1.91. The highest BCUT2D eigenvalue weighted by atomic mass is 16.5. The third-order valence-corrected chi connectivity index (χ3v) is 3.83. The van der Waals surface area contributed by atoms with Crippen LogP contribution in [-0.2, 0) is 13.1 Å². The van der Waals surface area contributed by atoms with E-state index in [1.165, 1.54) is 5.56 Å². The van der Waals surface area contributed by atoms with Crippen LogP contribution >= 0.6 is 0 Å². The summed E-state index contributed by atoms with van der Waals surface area (Å²) in [6.07, 6.45) is 0. The second kappa shape index (κ2) is 8.61. The number of hydrogen-bond donors (Lipinski definition) is 2. The molecule has 2 rings (SSSR count). The van der Waals surface area contributed by atoms with Gasteiger partial charge >= 0.3 is 0 Å². The molecule has 0 aliphatic carbocycles. The van der Waals surface area contributed by atoms with Gasteiger partial charge in [-0.2, -0.15) is 0 Å². The molecule has 0 bridgehead atoms. The van der Waals surface area contributed by atoms with Gasteiger partial charge in [-0.05, 0) is 18.5 Å². The summed E-state index contributed by atoms with van der Waals surface area (Å²) in [7, 11) is 1.98. The van der Waals surface area contributed by atoms with Gasteiger partial charge in [0.05, 0.1) is 19.2 Å². The molecule has 6 heteroatoms. The second-order valence-electron chi connectivity index (χ2n) is 6.34. The number of hydrogen-bond acceptors (Lipinski definition) is 5. The summed E-state index contributed by atoms with van der Waals surface area (Å²) in [6.45, 7) is 5.11. The van der Waals surface area contributed by atoms with Crippen molar-refractivity contribution in [3.63, 3.8) is 0 Å². The average Bonchev–Trinajstić information content (AvgIpc) is 3.01. The first kappa shape index (κ1) is 18.2. The molecule has 0 saturated carbocycles. The molecule has 0 radical (unpaired) electrons. The van der Waals surface area contributed by atoms with Crippen molar-refractivity contribution in [3.05, 3.63) is 53.4 Å². The van der Waals surface area contributed by atoms with Crippen molar-refractivity contribution in [1.82, 2.24) is 15.4 Å². The van der Waals surface area contributed by atoms with Gasteiger partial charge in [-0.25, -0.2) is 0 Å². The van der Waals surface area contributed by atoms with E-state index in [0.717, 1.165) is 6.54 Å². The molecule has 1 atom stereocenters. The van der Waals surface area contributed by atoms with Gasteiger partial charge in [0.25, 0.3) is 5.91 Å². The highest BCUT2D eigenvalue weighted by Crippen LogP contribution is 2.10. The first-order chi connectivity index (χ1) is 11.5. The van der Waals surface area contributed by atoms with E-state index >= 15 is 0 Å². The number of carbonyl (C=O) groups excluding carboxylic acids is 1. The lowest BCUT2D eigenvalue weighted by atomic mass is 10.1. The van der Waals surface area contributed by atoms with Gasteiger partial charge < -0.3 is 14.9 Å². The molecule has 24 heavy (non-hydrogen) atoms. The van der Waals surface area contributed by atoms with E-state index in [1.54, 1.807) is 6.07 Å². The number of aromatic nitrogens is 1. The predicted molar refractivity (Wildman–Crippen MR) is 91.3 cm³/mol. The minimum absolute atomic E-state index is 0.103. The maximum Gasteiger partial charge on any atom is 0.273 e. The Morgan fingerprint density at radius 3 is 2.62 bits per heavy atom. The molecule has 1 amide bonds. The third kappa shape index (κ3) is 5.18. The Kier molecular flexibility index (Phi) is 6.52. The SMILES string of the molecule is CC(C)[C@@H](CO)NC(=O)c1cc(CN(C)Cc2ccccc2)on1. The molecule has 0 spiro atoms. The number of amides is 1. The second-order valence-corrected chi connectivity index (χ2v) is 6.34. The smallest absolute Gasteiger partial charge is 0.273 e. The van der Waals surface area contributed by atoms with Crippen LogP contribution in [0.3, 0.4) is 0 Å². The van der Waals surface area contributed by atoms with E-state index < -0.39 is 0 Å². The highest BCUT2D eigenvalue weighted by Gasteiger charge is 2.19. The maximum absolute atomic E-state index is 12.2. The Labute approximate surface area is 142 Å². The predicted octanol–water partition coefficient (Wildman–Crippen LogP) is 2.05. The first-order valence-electron chi connectivity index (χ1n) is 8.09. The quantitative estimate of drug-likeness (QED) is 0.774. The summed E-state index contributed by atoms with van der Waals surface area (Å²) < 4.78 is 5.25. The lowest BCUT2D eigenvalue weighted by Crippen LogP contribution is -2.41. The van der Waals surface area contributed by atoms with Crippen LogP contribution in [0, 0.1) is 5.92 Å². The van der Waals surface area contributed by atoms with Crippen LogP contribution < -0.4 is 5.32 Å². The normalized spacial score (nSPS) is 12.6. The molecule has 130 valence electrons. The van der Waals surface area contributed by atoms with Gasteiger partial charge in [0, 0.05) is 12.6 Å². The van der Waals surface area contributed by atoms with Crippen LogP contribution in [0.2, 0.25) is 0 Å². The number of nitrogens with one attached hydrogen (secondary N) is 1. The van der Waals surface area contributed by atoms with E-state index in [9.17, 15) is 9.90 Å². The monoisotopic (exact) mass is 331 g/mol. The summed E-state index contributed by atoms with van der Waals surface area (Å²) in [5.74, 6) is 0.439. The molecule has 2 N–H and O–H groups in total. The van der Waals surface area contributed by atoms with Gasteiger partial charge in [-0.15, -0.1) is 0 Å². The van der Waals surface area contributed by atoms with Gasteiger partial charge in [0.15, 0.2) is 11.5 Å². The molecule has 0 fully saturated rings. The van der Waals surface area contributed by atoms with E-state index in [-0.39, 0.29) is 30.2 Å². The zero-order valence-corrected chi connectivity index (χ0v) is 14.4.